The lowest BCUT2D eigenvalue weighted by molar-refractivity contribution is -0.274. The molecule has 0 bridgehead atoms. The van der Waals surface area contributed by atoms with E-state index in [2.05, 4.69) is 20.7 Å². The van der Waals surface area contributed by atoms with E-state index in [1.807, 2.05) is 6.92 Å². The molecular formula is C28H26Cl2F3N3O5S. The Labute approximate surface area is 253 Å². The summed E-state index contributed by atoms with van der Waals surface area (Å²) < 4.78 is 41.7. The third-order valence-electron chi connectivity index (χ3n) is 6.98. The third-order valence-corrected chi connectivity index (χ3v) is 8.79. The van der Waals surface area contributed by atoms with Gasteiger partial charge in [0.15, 0.2) is 0 Å². The number of carbonyl (C=O) groups is 3. The number of aliphatic carboxylic acids is 1. The number of rotatable bonds is 8. The second kappa shape index (κ2) is 12.8. The van der Waals surface area contributed by atoms with E-state index in [-0.39, 0.29) is 26.3 Å². The average Bonchev–Trinajstić information content (AvgIpc) is 3.32. The van der Waals surface area contributed by atoms with Gasteiger partial charge in [0.25, 0.3) is 5.91 Å². The van der Waals surface area contributed by atoms with Gasteiger partial charge in [0.2, 0.25) is 0 Å². The van der Waals surface area contributed by atoms with Crippen LogP contribution in [0.1, 0.15) is 48.7 Å². The normalized spacial score (nSPS) is 15.4. The highest BCUT2D eigenvalue weighted by Crippen LogP contribution is 2.41. The number of alkyl halides is 3. The largest absolute Gasteiger partial charge is 0.573 e. The Hall–Kier alpha value is -3.48. The highest BCUT2D eigenvalue weighted by molar-refractivity contribution is 7.18. The predicted molar refractivity (Wildman–Crippen MR) is 156 cm³/mol. The van der Waals surface area contributed by atoms with Crippen molar-refractivity contribution in [3.63, 3.8) is 0 Å². The minimum Gasteiger partial charge on any atom is -0.480 e. The first-order valence-corrected chi connectivity index (χ1v) is 14.4. The first kappa shape index (κ1) is 31.5. The van der Waals surface area contributed by atoms with Gasteiger partial charge in [-0.2, -0.15) is 0 Å². The summed E-state index contributed by atoms with van der Waals surface area (Å²) in [5.41, 5.74) is -0.0574. The summed E-state index contributed by atoms with van der Waals surface area (Å²) in [6.07, 6.45) is -0.956. The van der Waals surface area contributed by atoms with Gasteiger partial charge in [-0.05, 0) is 66.3 Å². The Kier molecular flexibility index (Phi) is 9.59. The lowest BCUT2D eigenvalue weighted by atomic mass is 9.70. The van der Waals surface area contributed by atoms with Crippen LogP contribution in [0.3, 0.4) is 0 Å². The van der Waals surface area contributed by atoms with Gasteiger partial charge in [0, 0.05) is 4.88 Å². The second-order valence-corrected chi connectivity index (χ2v) is 11.9. The Balaban J connectivity index is 1.65. The molecule has 2 aromatic carbocycles. The molecule has 224 valence electrons. The molecule has 4 N–H and O–H groups in total. The van der Waals surface area contributed by atoms with Crippen LogP contribution < -0.4 is 20.7 Å². The Morgan fingerprint density at radius 2 is 1.62 bits per heavy atom. The van der Waals surface area contributed by atoms with Crippen LogP contribution in [-0.4, -0.2) is 35.4 Å². The van der Waals surface area contributed by atoms with E-state index in [0.717, 1.165) is 42.7 Å². The Morgan fingerprint density at radius 3 is 2.19 bits per heavy atom. The molecule has 4 rings (SSSR count). The van der Waals surface area contributed by atoms with E-state index in [0.29, 0.717) is 23.3 Å². The van der Waals surface area contributed by atoms with Gasteiger partial charge in [-0.15, -0.1) is 24.5 Å². The summed E-state index contributed by atoms with van der Waals surface area (Å²) in [7, 11) is 0. The molecule has 0 aliphatic heterocycles. The number of nitrogens with one attached hydrogen (secondary N) is 3. The number of carboxylic acid groups (broad SMARTS) is 1. The number of amides is 3. The van der Waals surface area contributed by atoms with Gasteiger partial charge < -0.3 is 25.8 Å². The molecule has 0 radical (unpaired) electrons. The van der Waals surface area contributed by atoms with Crippen LogP contribution in [0.2, 0.25) is 10.0 Å². The monoisotopic (exact) mass is 643 g/mol. The van der Waals surface area contributed by atoms with Crippen molar-refractivity contribution in [2.24, 2.45) is 5.41 Å². The molecule has 1 saturated carbocycles. The van der Waals surface area contributed by atoms with E-state index in [9.17, 15) is 32.7 Å². The summed E-state index contributed by atoms with van der Waals surface area (Å²) in [6.45, 7) is 1.83. The lowest BCUT2D eigenvalue weighted by Gasteiger charge is -2.38. The highest BCUT2D eigenvalue weighted by atomic mass is 35.5. The predicted octanol–water partition coefficient (Wildman–Crippen LogP) is 8.42. The number of ether oxygens (including phenoxy) is 1. The van der Waals surface area contributed by atoms with Crippen molar-refractivity contribution in [2.75, 3.05) is 10.6 Å². The van der Waals surface area contributed by atoms with E-state index in [4.69, 9.17) is 23.2 Å². The quantitative estimate of drug-likeness (QED) is 0.197. The summed E-state index contributed by atoms with van der Waals surface area (Å²) in [4.78, 5) is 39.1. The molecule has 0 unspecified atom stereocenters. The van der Waals surface area contributed by atoms with Crippen LogP contribution in [-0.2, 0) is 4.79 Å². The summed E-state index contributed by atoms with van der Waals surface area (Å²) in [6, 6.07) is 9.10. The number of para-hydroxylation sites is 1. The smallest absolute Gasteiger partial charge is 0.480 e. The van der Waals surface area contributed by atoms with Crippen molar-refractivity contribution in [3.05, 3.63) is 63.5 Å². The molecule has 1 aliphatic carbocycles. The summed E-state index contributed by atoms with van der Waals surface area (Å²) in [5.74, 6) is -2.33. The topological polar surface area (TPSA) is 117 Å². The van der Waals surface area contributed by atoms with Crippen LogP contribution >= 0.6 is 34.5 Å². The van der Waals surface area contributed by atoms with E-state index in [1.54, 1.807) is 6.07 Å². The number of urea groups is 1. The van der Waals surface area contributed by atoms with E-state index >= 15 is 0 Å². The zero-order valence-corrected chi connectivity index (χ0v) is 24.4. The highest BCUT2D eigenvalue weighted by Gasteiger charge is 2.41. The fourth-order valence-corrected chi connectivity index (χ4v) is 6.39. The van der Waals surface area contributed by atoms with Crippen LogP contribution in [0.5, 0.6) is 5.75 Å². The van der Waals surface area contributed by atoms with E-state index < -0.39 is 41.5 Å². The number of hydrogen-bond acceptors (Lipinski definition) is 5. The van der Waals surface area contributed by atoms with Crippen LogP contribution in [0.15, 0.2) is 48.5 Å². The number of benzene rings is 2. The van der Waals surface area contributed by atoms with Crippen molar-refractivity contribution >= 4 is 63.8 Å². The van der Waals surface area contributed by atoms with Gasteiger partial charge in [0.1, 0.15) is 16.7 Å². The Morgan fingerprint density at radius 1 is 1.00 bits per heavy atom. The van der Waals surface area contributed by atoms with Crippen LogP contribution in [0.25, 0.3) is 10.4 Å². The molecule has 1 atom stereocenters. The molecule has 0 spiro atoms. The van der Waals surface area contributed by atoms with Gasteiger partial charge >= 0.3 is 18.4 Å². The minimum atomic E-state index is -4.86. The number of carboxylic acids is 1. The molecule has 1 heterocycles. The zero-order chi connectivity index (χ0) is 30.7. The van der Waals surface area contributed by atoms with Crippen molar-refractivity contribution in [3.8, 4) is 16.2 Å². The number of hydrogen-bond donors (Lipinski definition) is 4. The first-order valence-electron chi connectivity index (χ1n) is 12.8. The average molecular weight is 644 g/mol. The van der Waals surface area contributed by atoms with E-state index in [1.165, 1.54) is 30.3 Å². The van der Waals surface area contributed by atoms with Gasteiger partial charge in [-0.25, -0.2) is 9.59 Å². The first-order chi connectivity index (χ1) is 19.8. The standard InChI is InChI=1S/C28H26Cl2F3N3O5S/c1-27(12-3-2-4-13-27)23(25(38)39)36-24(37)22-19(34-26(40)35-21-17(29)6-5-7-18(21)30)14-20(42-22)15-8-10-16(11-9-15)41-28(31,32)33/h5-11,14,23H,2-4,12-13H2,1H3,(H,36,37)(H,38,39)(H2,34,35,40)/t23-/m1/s1. The molecule has 42 heavy (non-hydrogen) atoms. The lowest BCUT2D eigenvalue weighted by Crippen LogP contribution is -2.52. The van der Waals surface area contributed by atoms with Crippen LogP contribution in [0.4, 0.5) is 29.3 Å². The van der Waals surface area contributed by atoms with Crippen molar-refractivity contribution < 1.29 is 37.4 Å². The van der Waals surface area contributed by atoms with Gasteiger partial charge in [-0.1, -0.05) is 55.5 Å². The Bertz CT molecular complexity index is 1450. The van der Waals surface area contributed by atoms with Crippen molar-refractivity contribution in [2.45, 2.75) is 51.4 Å². The molecule has 1 fully saturated rings. The van der Waals surface area contributed by atoms with Crippen LogP contribution in [0, 0.1) is 5.41 Å². The number of halogens is 5. The molecule has 1 aliphatic rings. The maximum Gasteiger partial charge on any atom is 0.573 e. The van der Waals surface area contributed by atoms with Gasteiger partial charge in [0.05, 0.1) is 21.4 Å². The number of thiophene rings is 1. The maximum absolute atomic E-state index is 13.5. The van der Waals surface area contributed by atoms with Gasteiger partial charge in [-0.3, -0.25) is 4.79 Å². The molecule has 3 amide bonds. The molecule has 8 nitrogen and oxygen atoms in total. The summed E-state index contributed by atoms with van der Waals surface area (Å²) >= 11 is 13.2. The zero-order valence-electron chi connectivity index (χ0n) is 22.1. The SMILES string of the molecule is CC1([C@H](NC(=O)c2sc(-c3ccc(OC(F)(F)F)cc3)cc2NC(=O)Nc2c(Cl)cccc2Cl)C(=O)O)CCCCC1. The molecule has 0 saturated heterocycles. The van der Waals surface area contributed by atoms with Crippen molar-refractivity contribution in [1.82, 2.24) is 5.32 Å². The minimum absolute atomic E-state index is 0.00770. The molecule has 1 aromatic heterocycles. The third kappa shape index (κ3) is 7.67. The summed E-state index contributed by atoms with van der Waals surface area (Å²) in [5, 5.41) is 18.1. The fraction of sp³-hybridized carbons (Fsp3) is 0.321. The molecule has 3 aromatic rings. The molecular weight excluding hydrogens is 618 g/mol. The van der Waals surface area contributed by atoms with Crippen molar-refractivity contribution in [1.29, 1.82) is 0 Å². The molecule has 14 heteroatoms. The second-order valence-electron chi connectivity index (χ2n) is 10.1. The number of carbonyl (C=O) groups excluding carboxylic acids is 2. The maximum atomic E-state index is 13.5. The number of anilines is 2. The fourth-order valence-electron chi connectivity index (χ4n) is 4.88.